The molecule has 2 rings (SSSR count). The fourth-order valence-electron chi connectivity index (χ4n) is 2.48. The number of anilines is 1. The standard InChI is InChI=1S/C13H22N4O2S/c1-13(2)5-3-8-17(9-6-13)20(18,19)12-10-15-7-4-11(12)16-14/h4,7,10H,3,5-6,8-9,14H2,1-2H3,(H,15,16). The number of hydrogen-bond acceptors (Lipinski definition) is 5. The molecule has 1 fully saturated rings. The zero-order valence-electron chi connectivity index (χ0n) is 12.0. The molecular formula is C13H22N4O2S. The summed E-state index contributed by atoms with van der Waals surface area (Å²) in [5, 5.41) is 0. The van der Waals surface area contributed by atoms with E-state index in [9.17, 15) is 8.42 Å². The van der Waals surface area contributed by atoms with E-state index in [1.807, 2.05) is 0 Å². The number of aromatic nitrogens is 1. The zero-order valence-corrected chi connectivity index (χ0v) is 12.8. The van der Waals surface area contributed by atoms with Crippen molar-refractivity contribution in [3.8, 4) is 0 Å². The molecule has 7 heteroatoms. The van der Waals surface area contributed by atoms with Crippen molar-refractivity contribution in [1.29, 1.82) is 0 Å². The Morgan fingerprint density at radius 1 is 1.35 bits per heavy atom. The van der Waals surface area contributed by atoms with Gasteiger partial charge in [-0.3, -0.25) is 10.8 Å². The zero-order chi connectivity index (χ0) is 14.8. The minimum Gasteiger partial charge on any atom is -0.323 e. The summed E-state index contributed by atoms with van der Waals surface area (Å²) in [4.78, 5) is 4.05. The van der Waals surface area contributed by atoms with Gasteiger partial charge in [0.1, 0.15) is 4.90 Å². The first-order chi connectivity index (χ1) is 9.37. The molecule has 1 aliphatic heterocycles. The van der Waals surface area contributed by atoms with Crippen molar-refractivity contribution >= 4 is 15.7 Å². The molecule has 6 nitrogen and oxygen atoms in total. The molecule has 1 aromatic heterocycles. The number of nitrogens with two attached hydrogens (primary N) is 1. The molecule has 112 valence electrons. The number of sulfonamides is 1. The fraction of sp³-hybridized carbons (Fsp3) is 0.615. The van der Waals surface area contributed by atoms with Gasteiger partial charge in [-0.1, -0.05) is 13.8 Å². The maximum Gasteiger partial charge on any atom is 0.246 e. The van der Waals surface area contributed by atoms with Gasteiger partial charge in [0.05, 0.1) is 5.69 Å². The Labute approximate surface area is 120 Å². The lowest BCUT2D eigenvalue weighted by atomic mass is 9.85. The van der Waals surface area contributed by atoms with Crippen molar-refractivity contribution in [3.05, 3.63) is 18.5 Å². The van der Waals surface area contributed by atoms with E-state index >= 15 is 0 Å². The van der Waals surface area contributed by atoms with Crippen molar-refractivity contribution < 1.29 is 8.42 Å². The van der Waals surface area contributed by atoms with E-state index in [0.717, 1.165) is 19.3 Å². The second kappa shape index (κ2) is 5.67. The van der Waals surface area contributed by atoms with Gasteiger partial charge in [-0.15, -0.1) is 0 Å². The molecule has 0 amide bonds. The van der Waals surface area contributed by atoms with E-state index in [4.69, 9.17) is 5.84 Å². The van der Waals surface area contributed by atoms with Crippen LogP contribution in [0.5, 0.6) is 0 Å². The molecule has 0 spiro atoms. The number of nitrogen functional groups attached to an aromatic ring is 1. The molecule has 0 aromatic carbocycles. The van der Waals surface area contributed by atoms with Crippen molar-refractivity contribution in [3.63, 3.8) is 0 Å². The van der Waals surface area contributed by atoms with Crippen molar-refractivity contribution in [2.75, 3.05) is 18.5 Å². The summed E-state index contributed by atoms with van der Waals surface area (Å²) in [5.41, 5.74) is 2.99. The average Bonchev–Trinajstić information content (AvgIpc) is 2.60. The second-order valence-corrected chi connectivity index (χ2v) is 7.84. The molecule has 20 heavy (non-hydrogen) atoms. The molecular weight excluding hydrogens is 276 g/mol. The van der Waals surface area contributed by atoms with Gasteiger partial charge in [-0.05, 0) is 30.7 Å². The summed E-state index contributed by atoms with van der Waals surface area (Å²) in [6.07, 6.45) is 5.63. The van der Waals surface area contributed by atoms with E-state index in [1.54, 1.807) is 10.4 Å². The van der Waals surface area contributed by atoms with Gasteiger partial charge in [0.15, 0.2) is 0 Å². The van der Waals surface area contributed by atoms with E-state index < -0.39 is 10.0 Å². The summed E-state index contributed by atoms with van der Waals surface area (Å²) < 4.78 is 27.0. The lowest BCUT2D eigenvalue weighted by Gasteiger charge is -2.23. The van der Waals surface area contributed by atoms with Crippen molar-refractivity contribution in [2.24, 2.45) is 11.3 Å². The number of pyridine rings is 1. The molecule has 0 bridgehead atoms. The Morgan fingerprint density at radius 3 is 2.80 bits per heavy atom. The number of hydrazine groups is 1. The molecule has 0 radical (unpaired) electrons. The minimum atomic E-state index is -3.55. The van der Waals surface area contributed by atoms with Crippen LogP contribution in [-0.2, 0) is 10.0 Å². The van der Waals surface area contributed by atoms with E-state index in [0.29, 0.717) is 18.8 Å². The van der Waals surface area contributed by atoms with Gasteiger partial charge in [-0.25, -0.2) is 8.42 Å². The fourth-order valence-corrected chi connectivity index (χ4v) is 4.06. The second-order valence-electron chi connectivity index (χ2n) is 5.94. The van der Waals surface area contributed by atoms with Crippen LogP contribution in [0.3, 0.4) is 0 Å². The third-order valence-electron chi connectivity index (χ3n) is 3.86. The Balaban J connectivity index is 2.30. The highest BCUT2D eigenvalue weighted by Gasteiger charge is 2.31. The van der Waals surface area contributed by atoms with Crippen molar-refractivity contribution in [2.45, 2.75) is 38.0 Å². The monoisotopic (exact) mass is 298 g/mol. The topological polar surface area (TPSA) is 88.3 Å². The number of nitrogens with one attached hydrogen (secondary N) is 1. The molecule has 0 atom stereocenters. The van der Waals surface area contributed by atoms with Gasteiger partial charge in [0.25, 0.3) is 0 Å². The van der Waals surface area contributed by atoms with Gasteiger partial charge in [0, 0.05) is 25.5 Å². The third-order valence-corrected chi connectivity index (χ3v) is 5.78. The van der Waals surface area contributed by atoms with Crippen LogP contribution in [0.1, 0.15) is 33.1 Å². The summed E-state index contributed by atoms with van der Waals surface area (Å²) in [6.45, 7) is 5.44. The minimum absolute atomic E-state index is 0.141. The Bertz CT molecular complexity index is 571. The summed E-state index contributed by atoms with van der Waals surface area (Å²) in [5.74, 6) is 5.39. The lowest BCUT2D eigenvalue weighted by Crippen LogP contribution is -2.33. The molecule has 0 unspecified atom stereocenters. The first-order valence-electron chi connectivity index (χ1n) is 6.78. The maximum atomic E-state index is 12.7. The Hall–Kier alpha value is -1.18. The highest BCUT2D eigenvalue weighted by atomic mass is 32.2. The Morgan fingerprint density at radius 2 is 2.10 bits per heavy atom. The summed E-state index contributed by atoms with van der Waals surface area (Å²) in [7, 11) is -3.55. The molecule has 1 aromatic rings. The SMILES string of the molecule is CC1(C)CCCN(S(=O)(=O)c2cnccc2NN)CC1. The quantitative estimate of drug-likeness (QED) is 0.653. The van der Waals surface area contributed by atoms with Crippen LogP contribution >= 0.6 is 0 Å². The Kier molecular flexibility index (Phi) is 4.31. The molecule has 3 N–H and O–H groups in total. The largest absolute Gasteiger partial charge is 0.323 e. The van der Waals surface area contributed by atoms with Crippen LogP contribution < -0.4 is 11.3 Å². The number of nitrogens with zero attached hydrogens (tertiary/aromatic N) is 2. The number of hydrogen-bond donors (Lipinski definition) is 2. The van der Waals surface area contributed by atoms with Gasteiger partial charge < -0.3 is 5.43 Å². The van der Waals surface area contributed by atoms with Crippen molar-refractivity contribution in [1.82, 2.24) is 9.29 Å². The number of rotatable bonds is 3. The first-order valence-corrected chi connectivity index (χ1v) is 8.22. The normalized spacial score (nSPS) is 20.4. The summed E-state index contributed by atoms with van der Waals surface area (Å²) >= 11 is 0. The molecule has 1 aliphatic rings. The van der Waals surface area contributed by atoms with Gasteiger partial charge >= 0.3 is 0 Å². The maximum absolute atomic E-state index is 12.7. The average molecular weight is 298 g/mol. The molecule has 0 aliphatic carbocycles. The molecule has 1 saturated heterocycles. The first kappa shape index (κ1) is 15.2. The third kappa shape index (κ3) is 3.11. The molecule has 2 heterocycles. The summed E-state index contributed by atoms with van der Waals surface area (Å²) in [6, 6.07) is 1.56. The van der Waals surface area contributed by atoms with Gasteiger partial charge in [-0.2, -0.15) is 4.31 Å². The van der Waals surface area contributed by atoms with E-state index in [2.05, 4.69) is 24.3 Å². The predicted molar refractivity (Wildman–Crippen MR) is 78.4 cm³/mol. The van der Waals surface area contributed by atoms with E-state index in [-0.39, 0.29) is 10.3 Å². The highest BCUT2D eigenvalue weighted by molar-refractivity contribution is 7.89. The smallest absolute Gasteiger partial charge is 0.246 e. The highest BCUT2D eigenvalue weighted by Crippen LogP contribution is 2.32. The van der Waals surface area contributed by atoms with Crippen LogP contribution in [0.2, 0.25) is 0 Å². The van der Waals surface area contributed by atoms with Crippen LogP contribution in [0.25, 0.3) is 0 Å². The predicted octanol–water partition coefficient (Wildman–Crippen LogP) is 1.57. The lowest BCUT2D eigenvalue weighted by molar-refractivity contribution is 0.315. The van der Waals surface area contributed by atoms with Crippen LogP contribution in [-0.4, -0.2) is 30.8 Å². The van der Waals surface area contributed by atoms with Crippen LogP contribution in [0, 0.1) is 5.41 Å². The molecule has 0 saturated carbocycles. The van der Waals surface area contributed by atoms with Crippen LogP contribution in [0.4, 0.5) is 5.69 Å². The van der Waals surface area contributed by atoms with Gasteiger partial charge in [0.2, 0.25) is 10.0 Å². The van der Waals surface area contributed by atoms with Crippen LogP contribution in [0.15, 0.2) is 23.4 Å². The van der Waals surface area contributed by atoms with E-state index in [1.165, 1.54) is 12.4 Å².